The number of carbonyl (C=O) groups excluding carboxylic acids is 1. The van der Waals surface area contributed by atoms with Crippen molar-refractivity contribution in [2.24, 2.45) is 5.92 Å². The van der Waals surface area contributed by atoms with Gasteiger partial charge < -0.3 is 26.6 Å². The van der Waals surface area contributed by atoms with Crippen molar-refractivity contribution in [3.05, 3.63) is 95.8 Å². The van der Waals surface area contributed by atoms with E-state index < -0.39 is 52.4 Å². The summed E-state index contributed by atoms with van der Waals surface area (Å²) < 4.78 is 42.2. The molecule has 12 heteroatoms. The monoisotopic (exact) mass is 628 g/mol. The van der Waals surface area contributed by atoms with Crippen molar-refractivity contribution in [3.8, 4) is 0 Å². The van der Waals surface area contributed by atoms with Gasteiger partial charge in [-0.15, -0.1) is 0 Å². The van der Waals surface area contributed by atoms with E-state index in [9.17, 15) is 32.6 Å². The number of nitrogens with zero attached hydrogens (tertiary/aromatic N) is 1. The van der Waals surface area contributed by atoms with Gasteiger partial charge in [-0.2, -0.15) is 4.31 Å². The Morgan fingerprint density at radius 1 is 0.955 bits per heavy atom. The number of amides is 2. The second-order valence-corrected chi connectivity index (χ2v) is 12.9. The smallest absolute Gasteiger partial charge is 0.405 e. The van der Waals surface area contributed by atoms with E-state index in [2.05, 4.69) is 10.6 Å². The van der Waals surface area contributed by atoms with Crippen molar-refractivity contribution < 1.29 is 32.6 Å². The fourth-order valence-electron chi connectivity index (χ4n) is 5.09. The topological polar surface area (TPSA) is 162 Å². The molecule has 0 aromatic heterocycles. The number of rotatable bonds is 16. The number of aliphatic hydroxyl groups is 1. The zero-order valence-corrected chi connectivity index (χ0v) is 25.7. The summed E-state index contributed by atoms with van der Waals surface area (Å²) in [5.41, 5.74) is 6.89. The van der Waals surface area contributed by atoms with E-state index in [1.54, 1.807) is 0 Å². The first-order valence-electron chi connectivity index (χ1n) is 14.5. The van der Waals surface area contributed by atoms with Gasteiger partial charge in [0.15, 0.2) is 0 Å². The highest BCUT2D eigenvalue weighted by Gasteiger charge is 2.33. The molecule has 3 aromatic carbocycles. The number of aliphatic hydroxyl groups excluding tert-OH is 1. The molecule has 10 nitrogen and oxygen atoms in total. The lowest BCUT2D eigenvalue weighted by Gasteiger charge is -2.31. The fourth-order valence-corrected chi connectivity index (χ4v) is 6.91. The lowest BCUT2D eigenvalue weighted by atomic mass is 9.84. The average Bonchev–Trinajstić information content (AvgIpc) is 2.99. The highest BCUT2D eigenvalue weighted by molar-refractivity contribution is 7.89. The molecule has 0 spiro atoms. The number of carbonyl (C=O) groups is 2. The van der Waals surface area contributed by atoms with E-state index in [4.69, 9.17) is 5.73 Å². The molecule has 0 saturated heterocycles. The van der Waals surface area contributed by atoms with Gasteiger partial charge in [0.05, 0.1) is 17.2 Å². The molecule has 0 saturated carbocycles. The SMILES string of the molecule is CC(C)CN(C(CO)CCCCNC(=O)C(NC(=O)O)C(c1ccccc1)c1ccccc1)S(=O)(=O)c1ccc(N)c(F)c1. The summed E-state index contributed by atoms with van der Waals surface area (Å²) in [4.78, 5) is 24.9. The van der Waals surface area contributed by atoms with Crippen molar-refractivity contribution in [3.63, 3.8) is 0 Å². The Balaban J connectivity index is 1.69. The number of hydrogen-bond donors (Lipinski definition) is 5. The van der Waals surface area contributed by atoms with Gasteiger partial charge in [0.2, 0.25) is 15.9 Å². The zero-order chi connectivity index (χ0) is 32.3. The van der Waals surface area contributed by atoms with Crippen LogP contribution in [0.1, 0.15) is 50.2 Å². The molecule has 44 heavy (non-hydrogen) atoms. The van der Waals surface area contributed by atoms with Crippen molar-refractivity contribution >= 4 is 27.7 Å². The molecule has 0 heterocycles. The average molecular weight is 629 g/mol. The Morgan fingerprint density at radius 3 is 2.05 bits per heavy atom. The van der Waals surface area contributed by atoms with Gasteiger partial charge in [0.1, 0.15) is 11.9 Å². The van der Waals surface area contributed by atoms with E-state index >= 15 is 0 Å². The standard InChI is InChI=1S/C32H41FN4O6S/c1-22(2)20-37(44(42,43)26-16-17-28(34)27(33)19-26)25(21-38)15-9-10-18-35-31(39)30(36-32(40)41)29(23-11-5-3-6-12-23)24-13-7-4-8-14-24/h3-8,11-14,16-17,19,22,25,29-30,36,38H,9-10,15,18,20-21,34H2,1-2H3,(H,35,39)(H,40,41). The van der Waals surface area contributed by atoms with E-state index in [1.807, 2.05) is 74.5 Å². The molecule has 3 aromatic rings. The molecule has 3 rings (SSSR count). The lowest BCUT2D eigenvalue weighted by molar-refractivity contribution is -0.123. The molecular weight excluding hydrogens is 587 g/mol. The Kier molecular flexibility index (Phi) is 12.7. The van der Waals surface area contributed by atoms with Crippen LogP contribution in [0.5, 0.6) is 0 Å². The minimum absolute atomic E-state index is 0.0717. The maximum absolute atomic E-state index is 14.1. The number of halogens is 1. The minimum Gasteiger partial charge on any atom is -0.465 e. The number of nitrogens with two attached hydrogens (primary N) is 1. The van der Waals surface area contributed by atoms with Gasteiger partial charge >= 0.3 is 6.09 Å². The molecule has 0 fully saturated rings. The van der Waals surface area contributed by atoms with Crippen LogP contribution in [0.2, 0.25) is 0 Å². The molecule has 6 N–H and O–H groups in total. The normalized spacial score (nSPS) is 13.2. The second-order valence-electron chi connectivity index (χ2n) is 11.0. The molecule has 0 radical (unpaired) electrons. The number of nitrogens with one attached hydrogen (secondary N) is 2. The summed E-state index contributed by atoms with van der Waals surface area (Å²) in [6.45, 7) is 3.55. The Labute approximate surface area is 258 Å². The van der Waals surface area contributed by atoms with Crippen LogP contribution >= 0.6 is 0 Å². The van der Waals surface area contributed by atoms with Gasteiger partial charge in [-0.05, 0) is 48.1 Å². The summed E-state index contributed by atoms with van der Waals surface area (Å²) in [5, 5.41) is 24.9. The summed E-state index contributed by atoms with van der Waals surface area (Å²) >= 11 is 0. The summed E-state index contributed by atoms with van der Waals surface area (Å²) in [7, 11) is -4.14. The Hall–Kier alpha value is -4.00. The first-order valence-corrected chi connectivity index (χ1v) is 15.9. The third-order valence-corrected chi connectivity index (χ3v) is 9.13. The summed E-state index contributed by atoms with van der Waals surface area (Å²) in [5.74, 6) is -2.00. The van der Waals surface area contributed by atoms with E-state index in [-0.39, 0.29) is 36.0 Å². The third-order valence-electron chi connectivity index (χ3n) is 7.22. The molecule has 238 valence electrons. The fraction of sp³-hybridized carbons (Fsp3) is 0.375. The molecule has 2 unspecified atom stereocenters. The maximum Gasteiger partial charge on any atom is 0.405 e. The van der Waals surface area contributed by atoms with Crippen LogP contribution in [-0.4, -0.2) is 66.7 Å². The van der Waals surface area contributed by atoms with Crippen LogP contribution in [0, 0.1) is 11.7 Å². The lowest BCUT2D eigenvalue weighted by Crippen LogP contribution is -2.50. The van der Waals surface area contributed by atoms with E-state index in [0.717, 1.165) is 17.2 Å². The van der Waals surface area contributed by atoms with Crippen LogP contribution in [0.4, 0.5) is 14.9 Å². The zero-order valence-electron chi connectivity index (χ0n) is 24.9. The van der Waals surface area contributed by atoms with Crippen LogP contribution in [-0.2, 0) is 14.8 Å². The predicted molar refractivity (Wildman–Crippen MR) is 167 cm³/mol. The summed E-state index contributed by atoms with van der Waals surface area (Å²) in [6, 6.07) is 19.8. The van der Waals surface area contributed by atoms with Gasteiger partial charge in [0.25, 0.3) is 0 Å². The maximum atomic E-state index is 14.1. The highest BCUT2D eigenvalue weighted by atomic mass is 32.2. The molecule has 0 aliphatic rings. The van der Waals surface area contributed by atoms with Gasteiger partial charge in [-0.25, -0.2) is 17.6 Å². The minimum atomic E-state index is -4.14. The third kappa shape index (κ3) is 9.25. The largest absolute Gasteiger partial charge is 0.465 e. The molecule has 2 amide bonds. The van der Waals surface area contributed by atoms with Crippen LogP contribution in [0.3, 0.4) is 0 Å². The Bertz CT molecular complexity index is 1440. The van der Waals surface area contributed by atoms with E-state index in [1.165, 1.54) is 16.4 Å². The number of nitrogen functional groups attached to an aromatic ring is 1. The number of anilines is 1. The van der Waals surface area contributed by atoms with Crippen LogP contribution < -0.4 is 16.4 Å². The van der Waals surface area contributed by atoms with Crippen LogP contribution in [0.15, 0.2) is 83.8 Å². The molecular formula is C32H41FN4O6S. The molecule has 0 bridgehead atoms. The first kappa shape index (κ1) is 34.5. The highest BCUT2D eigenvalue weighted by Crippen LogP contribution is 2.29. The molecule has 0 aliphatic carbocycles. The van der Waals surface area contributed by atoms with Gasteiger partial charge in [-0.1, -0.05) is 80.9 Å². The quantitative estimate of drug-likeness (QED) is 0.117. The Morgan fingerprint density at radius 2 is 1.55 bits per heavy atom. The number of carboxylic acid groups (broad SMARTS) is 1. The molecule has 0 aliphatic heterocycles. The number of unbranched alkanes of at least 4 members (excludes halogenated alkanes) is 1. The van der Waals surface area contributed by atoms with Crippen molar-refractivity contribution in [1.82, 2.24) is 14.9 Å². The first-order chi connectivity index (χ1) is 20.9. The van der Waals surface area contributed by atoms with Crippen molar-refractivity contribution in [1.29, 1.82) is 0 Å². The van der Waals surface area contributed by atoms with Crippen molar-refractivity contribution in [2.45, 2.75) is 56.0 Å². The number of sulfonamides is 1. The van der Waals surface area contributed by atoms with Crippen molar-refractivity contribution in [2.75, 3.05) is 25.4 Å². The number of benzene rings is 3. The van der Waals surface area contributed by atoms with Gasteiger partial charge in [-0.3, -0.25) is 4.79 Å². The van der Waals surface area contributed by atoms with E-state index in [0.29, 0.717) is 12.8 Å². The second kappa shape index (κ2) is 16.2. The summed E-state index contributed by atoms with van der Waals surface area (Å²) in [6.07, 6.45) is -0.164. The van der Waals surface area contributed by atoms with Crippen LogP contribution in [0.25, 0.3) is 0 Å². The molecule has 2 atom stereocenters. The van der Waals surface area contributed by atoms with Gasteiger partial charge in [0, 0.05) is 25.0 Å². The predicted octanol–water partition coefficient (Wildman–Crippen LogP) is 4.17. The number of hydrogen-bond acceptors (Lipinski definition) is 6.